The lowest BCUT2D eigenvalue weighted by molar-refractivity contribution is -0.161. The third kappa shape index (κ3) is 17.1. The molecule has 2 amide bonds. The molecule has 0 fully saturated rings. The van der Waals surface area contributed by atoms with Crippen molar-refractivity contribution < 1.29 is 33.3 Å². The van der Waals surface area contributed by atoms with Gasteiger partial charge < -0.3 is 45.0 Å². The number of hydrogen-bond donors (Lipinski definition) is 2. The van der Waals surface area contributed by atoms with Crippen molar-refractivity contribution in [2.75, 3.05) is 72.3 Å². The van der Waals surface area contributed by atoms with Crippen LogP contribution in [0.5, 0.6) is 5.75 Å². The zero-order chi connectivity index (χ0) is 45.4. The summed E-state index contributed by atoms with van der Waals surface area (Å²) in [5.41, 5.74) is 19.1. The van der Waals surface area contributed by atoms with E-state index in [-0.39, 0.29) is 31.4 Å². The molecular formula is C52H74N4O7. The van der Waals surface area contributed by atoms with Crippen molar-refractivity contribution in [3.8, 4) is 16.9 Å². The minimum Gasteiger partial charge on any atom is -0.493 e. The number of amides is 2. The normalized spacial score (nSPS) is 12.5. The lowest BCUT2D eigenvalue weighted by Crippen LogP contribution is -2.46. The lowest BCUT2D eigenvalue weighted by Gasteiger charge is -2.31. The average molecular weight is 867 g/mol. The maximum Gasteiger partial charge on any atom is 0.227 e. The maximum atomic E-state index is 14.4. The minimum atomic E-state index is -0.560. The molecule has 0 heterocycles. The van der Waals surface area contributed by atoms with E-state index in [0.29, 0.717) is 84.3 Å². The van der Waals surface area contributed by atoms with Crippen LogP contribution in [0.2, 0.25) is 0 Å². The molecule has 0 saturated heterocycles. The highest BCUT2D eigenvalue weighted by atomic mass is 16.7. The fourth-order valence-electron chi connectivity index (χ4n) is 7.63. The summed E-state index contributed by atoms with van der Waals surface area (Å²) in [5, 5.41) is 0. The van der Waals surface area contributed by atoms with Gasteiger partial charge in [-0.25, -0.2) is 0 Å². The second kappa shape index (κ2) is 28.2. The molecule has 0 spiro atoms. The van der Waals surface area contributed by atoms with Crippen LogP contribution >= 0.6 is 0 Å². The van der Waals surface area contributed by atoms with Gasteiger partial charge in [0.05, 0.1) is 31.5 Å². The number of carbonyl (C=O) groups excluding carboxylic acids is 2. The first kappa shape index (κ1) is 51.0. The molecule has 344 valence electrons. The first-order valence-corrected chi connectivity index (χ1v) is 23.0. The quantitative estimate of drug-likeness (QED) is 0.0509. The predicted octanol–water partition coefficient (Wildman–Crippen LogP) is 7.56. The van der Waals surface area contributed by atoms with Crippen LogP contribution < -0.4 is 16.2 Å². The summed E-state index contributed by atoms with van der Waals surface area (Å²) in [6.07, 6.45) is 1.19. The van der Waals surface area contributed by atoms with Crippen molar-refractivity contribution in [2.24, 2.45) is 29.2 Å². The van der Waals surface area contributed by atoms with Crippen molar-refractivity contribution in [3.05, 3.63) is 125 Å². The molecule has 0 aliphatic carbocycles. The van der Waals surface area contributed by atoms with Crippen LogP contribution in [0.15, 0.2) is 103 Å². The summed E-state index contributed by atoms with van der Waals surface area (Å²) in [4.78, 5) is 32.5. The summed E-state index contributed by atoms with van der Waals surface area (Å²) >= 11 is 0. The third-order valence-electron chi connectivity index (χ3n) is 10.9. The summed E-state index contributed by atoms with van der Waals surface area (Å²) in [7, 11) is 0. The molecule has 4 aromatic carbocycles. The molecule has 0 unspecified atom stereocenters. The number of ether oxygens (including phenoxy) is 5. The largest absolute Gasteiger partial charge is 0.493 e. The smallest absolute Gasteiger partial charge is 0.227 e. The Labute approximate surface area is 377 Å². The molecule has 11 heteroatoms. The van der Waals surface area contributed by atoms with E-state index in [9.17, 15) is 9.59 Å². The van der Waals surface area contributed by atoms with Gasteiger partial charge in [-0.15, -0.1) is 0 Å². The van der Waals surface area contributed by atoms with Gasteiger partial charge in [-0.1, -0.05) is 105 Å². The molecule has 4 N–H and O–H groups in total. The second-order valence-corrected chi connectivity index (χ2v) is 16.2. The number of carbonyl (C=O) groups is 2. The molecule has 0 aliphatic heterocycles. The fraction of sp³-hybridized carbons (Fsp3) is 0.500. The number of nitrogens with two attached hydrogens (primary N) is 2. The van der Waals surface area contributed by atoms with Crippen LogP contribution in [0.4, 0.5) is 0 Å². The van der Waals surface area contributed by atoms with Gasteiger partial charge in [0.1, 0.15) is 5.75 Å². The second-order valence-electron chi connectivity index (χ2n) is 16.2. The van der Waals surface area contributed by atoms with Crippen LogP contribution in [-0.4, -0.2) is 106 Å². The molecular weight excluding hydrogens is 793 g/mol. The Hall–Kier alpha value is -4.62. The summed E-state index contributed by atoms with van der Waals surface area (Å²) in [6, 6.07) is 34.7. The average Bonchev–Trinajstić information content (AvgIpc) is 3.30. The highest BCUT2D eigenvalue weighted by Gasteiger charge is 2.29. The van der Waals surface area contributed by atoms with Crippen molar-refractivity contribution in [1.82, 2.24) is 9.80 Å². The van der Waals surface area contributed by atoms with Crippen LogP contribution in [0, 0.1) is 17.8 Å². The van der Waals surface area contributed by atoms with Gasteiger partial charge in [0.2, 0.25) is 11.8 Å². The van der Waals surface area contributed by atoms with Gasteiger partial charge >= 0.3 is 0 Å². The van der Waals surface area contributed by atoms with Gasteiger partial charge in [0.25, 0.3) is 0 Å². The van der Waals surface area contributed by atoms with E-state index < -0.39 is 24.4 Å². The van der Waals surface area contributed by atoms with E-state index >= 15 is 0 Å². The van der Waals surface area contributed by atoms with E-state index in [4.69, 9.17) is 35.2 Å². The molecule has 4 aromatic rings. The highest BCUT2D eigenvalue weighted by Crippen LogP contribution is 2.28. The van der Waals surface area contributed by atoms with Gasteiger partial charge in [0, 0.05) is 52.6 Å². The number of nitrogens with zero attached hydrogens (tertiary/aromatic N) is 2. The first-order chi connectivity index (χ1) is 30.6. The van der Waals surface area contributed by atoms with E-state index in [2.05, 4.69) is 56.3 Å². The van der Waals surface area contributed by atoms with E-state index in [1.165, 1.54) is 0 Å². The topological polar surface area (TPSA) is 139 Å². The van der Waals surface area contributed by atoms with Crippen LogP contribution in [0.25, 0.3) is 11.1 Å². The molecule has 0 aliphatic rings. The Morgan fingerprint density at radius 1 is 0.571 bits per heavy atom. The molecule has 11 nitrogen and oxygen atoms in total. The Morgan fingerprint density at radius 3 is 1.62 bits per heavy atom. The van der Waals surface area contributed by atoms with Gasteiger partial charge in [0.15, 0.2) is 12.6 Å². The zero-order valence-corrected chi connectivity index (χ0v) is 38.7. The van der Waals surface area contributed by atoms with Gasteiger partial charge in [-0.3, -0.25) is 9.59 Å². The summed E-state index contributed by atoms with van der Waals surface area (Å²) in [6.45, 7) is 16.4. The van der Waals surface area contributed by atoms with Crippen LogP contribution in [-0.2, 0) is 54.2 Å². The van der Waals surface area contributed by atoms with Crippen molar-refractivity contribution in [1.29, 1.82) is 0 Å². The zero-order valence-electron chi connectivity index (χ0n) is 38.7. The van der Waals surface area contributed by atoms with E-state index in [1.807, 2.05) is 98.2 Å². The van der Waals surface area contributed by atoms with E-state index in [0.717, 1.165) is 39.1 Å². The fourth-order valence-corrected chi connectivity index (χ4v) is 7.63. The molecule has 0 aromatic heterocycles. The molecule has 4 rings (SSSR count). The minimum absolute atomic E-state index is 0.0213. The van der Waals surface area contributed by atoms with Crippen molar-refractivity contribution in [3.63, 3.8) is 0 Å². The molecule has 0 saturated carbocycles. The van der Waals surface area contributed by atoms with Crippen molar-refractivity contribution >= 4 is 11.8 Å². The Kier molecular flexibility index (Phi) is 22.9. The van der Waals surface area contributed by atoms with Crippen molar-refractivity contribution in [2.45, 2.75) is 79.8 Å². The molecule has 2 atom stereocenters. The van der Waals surface area contributed by atoms with Crippen LogP contribution in [0.3, 0.4) is 0 Å². The first-order valence-electron chi connectivity index (χ1n) is 23.0. The molecule has 0 radical (unpaired) electrons. The lowest BCUT2D eigenvalue weighted by atomic mass is 9.90. The monoisotopic (exact) mass is 867 g/mol. The highest BCUT2D eigenvalue weighted by molar-refractivity contribution is 5.81. The van der Waals surface area contributed by atoms with Gasteiger partial charge in [-0.2, -0.15) is 0 Å². The number of rotatable bonds is 30. The molecule has 63 heavy (non-hydrogen) atoms. The summed E-state index contributed by atoms with van der Waals surface area (Å²) in [5.74, 6) is 0.300. The molecule has 0 bridgehead atoms. The third-order valence-corrected chi connectivity index (χ3v) is 10.9. The Bertz CT molecular complexity index is 1880. The standard InChI is InChI=1S/C52H74N4O7/c1-7-59-49(60-8-2)36-55(29-27-40-17-12-11-13-18-40)52(58)46(35-54)33-44-20-14-15-22-48(44)43-21-16-19-41(31-43)28-30-56(37-50(61-9-3)62-10-4)51(57)45(34-53)32-42-23-25-47(26-24-42)63-38-39(5)6/h11-26,31,39,45-46,49-50H,7-10,27-30,32-38,53-54H2,1-6H3/t45-,46-/m1/s1. The Balaban J connectivity index is 1.54. The number of hydrogen-bond acceptors (Lipinski definition) is 9. The maximum absolute atomic E-state index is 14.4. The van der Waals surface area contributed by atoms with Crippen LogP contribution in [0.1, 0.15) is 63.8 Å². The Morgan fingerprint density at radius 2 is 1.08 bits per heavy atom. The summed E-state index contributed by atoms with van der Waals surface area (Å²) < 4.78 is 29.5. The van der Waals surface area contributed by atoms with Gasteiger partial charge in [-0.05, 0) is 105 Å². The predicted molar refractivity (Wildman–Crippen MR) is 252 cm³/mol. The SMILES string of the molecule is CCOC(CN(CCc1cccc(-c2ccccc2C[C@H](CN)C(=O)N(CCc2ccccc2)CC(OCC)OCC)c1)C(=O)[C@@H](CN)Cc1ccc(OCC(C)C)cc1)OCC. The van der Waals surface area contributed by atoms with E-state index in [1.54, 1.807) is 0 Å². The number of benzene rings is 4.